The molecule has 2 amide bonds. The van der Waals surface area contributed by atoms with E-state index in [4.69, 9.17) is 0 Å². The zero-order chi connectivity index (χ0) is 25.9. The Morgan fingerprint density at radius 2 is 1.68 bits per heavy atom. The minimum absolute atomic E-state index is 0.0489. The average molecular weight is 503 g/mol. The first kappa shape index (κ1) is 25.6. The molecule has 198 valence electrons. The number of rotatable bonds is 6. The summed E-state index contributed by atoms with van der Waals surface area (Å²) in [4.78, 5) is 19.4. The van der Waals surface area contributed by atoms with E-state index >= 15 is 0 Å². The van der Waals surface area contributed by atoms with Gasteiger partial charge in [-0.25, -0.2) is 9.31 Å². The maximum absolute atomic E-state index is 12.5. The Hall–Kier alpha value is -3.06. The van der Waals surface area contributed by atoms with Gasteiger partial charge in [-0.1, -0.05) is 31.2 Å². The van der Waals surface area contributed by atoms with Crippen LogP contribution >= 0.6 is 0 Å². The fourth-order valence-electron chi connectivity index (χ4n) is 5.68. The third-order valence-electron chi connectivity index (χ3n) is 8.35. The van der Waals surface area contributed by atoms with Crippen LogP contribution in [0.1, 0.15) is 58.4 Å². The molecule has 1 N–H and O–H groups in total. The molecular formula is C30H42N6O. The molecule has 2 fully saturated rings. The van der Waals surface area contributed by atoms with Crippen LogP contribution in [0.15, 0.2) is 48.8 Å². The SMILES string of the molecule is CC[C@H](C)NC(=O)N1CCN(c2ccnn3cc(-c4ccc(C5CCN(C(C)C)CC5)cc4)cc23)CC1. The van der Waals surface area contributed by atoms with Gasteiger partial charge in [0.05, 0.1) is 11.2 Å². The maximum Gasteiger partial charge on any atom is 0.317 e. The van der Waals surface area contributed by atoms with E-state index in [0.29, 0.717) is 12.0 Å². The first-order valence-corrected chi connectivity index (χ1v) is 14.0. The monoisotopic (exact) mass is 502 g/mol. The van der Waals surface area contributed by atoms with E-state index in [1.54, 1.807) is 0 Å². The molecule has 0 saturated carbocycles. The van der Waals surface area contributed by atoms with Crippen molar-refractivity contribution in [2.45, 2.75) is 65.0 Å². The lowest BCUT2D eigenvalue weighted by Gasteiger charge is -2.36. The molecule has 37 heavy (non-hydrogen) atoms. The molecule has 2 aromatic heterocycles. The molecule has 1 aromatic carbocycles. The molecule has 0 aliphatic carbocycles. The zero-order valence-corrected chi connectivity index (χ0v) is 22.9. The summed E-state index contributed by atoms with van der Waals surface area (Å²) < 4.78 is 1.99. The Balaban J connectivity index is 1.26. The molecule has 2 aliphatic rings. The number of anilines is 1. The smallest absolute Gasteiger partial charge is 0.317 e. The van der Waals surface area contributed by atoms with E-state index in [9.17, 15) is 4.79 Å². The van der Waals surface area contributed by atoms with Gasteiger partial charge < -0.3 is 20.0 Å². The molecule has 0 unspecified atom stereocenters. The first-order valence-electron chi connectivity index (χ1n) is 14.0. The van der Waals surface area contributed by atoms with Crippen molar-refractivity contribution in [3.8, 4) is 11.1 Å². The molecule has 3 aromatic rings. The number of amides is 2. The van der Waals surface area contributed by atoms with Gasteiger partial charge in [-0.2, -0.15) is 5.10 Å². The van der Waals surface area contributed by atoms with Crippen molar-refractivity contribution in [1.29, 1.82) is 0 Å². The van der Waals surface area contributed by atoms with Gasteiger partial charge in [0.1, 0.15) is 0 Å². The second-order valence-electron chi connectivity index (χ2n) is 11.0. The Morgan fingerprint density at radius 3 is 2.32 bits per heavy atom. The fourth-order valence-corrected chi connectivity index (χ4v) is 5.68. The highest BCUT2D eigenvalue weighted by atomic mass is 16.2. The third kappa shape index (κ3) is 5.61. The van der Waals surface area contributed by atoms with E-state index in [0.717, 1.165) is 38.1 Å². The largest absolute Gasteiger partial charge is 0.366 e. The number of hydrogen-bond donors (Lipinski definition) is 1. The molecule has 5 rings (SSSR count). The second kappa shape index (κ2) is 11.1. The molecule has 0 spiro atoms. The lowest BCUT2D eigenvalue weighted by Crippen LogP contribution is -2.53. The van der Waals surface area contributed by atoms with Crippen LogP contribution in [0.5, 0.6) is 0 Å². The predicted octanol–water partition coefficient (Wildman–Crippen LogP) is 5.22. The quantitative estimate of drug-likeness (QED) is 0.502. The number of likely N-dealkylation sites (tertiary alicyclic amines) is 1. The number of carbonyl (C=O) groups is 1. The van der Waals surface area contributed by atoms with Gasteiger partial charge in [-0.15, -0.1) is 0 Å². The number of urea groups is 1. The van der Waals surface area contributed by atoms with Gasteiger partial charge in [-0.3, -0.25) is 0 Å². The van der Waals surface area contributed by atoms with Crippen molar-refractivity contribution in [2.75, 3.05) is 44.2 Å². The molecule has 4 heterocycles. The summed E-state index contributed by atoms with van der Waals surface area (Å²) in [7, 11) is 0. The highest BCUT2D eigenvalue weighted by Crippen LogP contribution is 2.32. The molecule has 7 nitrogen and oxygen atoms in total. The normalized spacial score (nSPS) is 18.5. The number of benzene rings is 1. The third-order valence-corrected chi connectivity index (χ3v) is 8.35. The number of piperidine rings is 1. The van der Waals surface area contributed by atoms with Gasteiger partial charge in [0.15, 0.2) is 0 Å². The fraction of sp³-hybridized carbons (Fsp3) is 0.533. The number of piperazine rings is 1. The van der Waals surface area contributed by atoms with Crippen molar-refractivity contribution in [2.24, 2.45) is 0 Å². The molecule has 1 atom stereocenters. The Kier molecular flexibility index (Phi) is 7.70. The number of aromatic nitrogens is 2. The lowest BCUT2D eigenvalue weighted by atomic mass is 9.88. The van der Waals surface area contributed by atoms with Crippen molar-refractivity contribution >= 4 is 17.2 Å². The van der Waals surface area contributed by atoms with E-state index in [1.165, 1.54) is 48.3 Å². The molecule has 7 heteroatoms. The molecule has 2 aliphatic heterocycles. The first-order chi connectivity index (χ1) is 17.9. The van der Waals surface area contributed by atoms with Crippen LogP contribution in [0.2, 0.25) is 0 Å². The summed E-state index contributed by atoms with van der Waals surface area (Å²) in [6, 6.07) is 14.4. The summed E-state index contributed by atoms with van der Waals surface area (Å²) >= 11 is 0. The lowest BCUT2D eigenvalue weighted by molar-refractivity contribution is 0.172. The zero-order valence-electron chi connectivity index (χ0n) is 22.9. The van der Waals surface area contributed by atoms with Crippen LogP contribution in [0.25, 0.3) is 16.6 Å². The van der Waals surface area contributed by atoms with Crippen LogP contribution in [0.3, 0.4) is 0 Å². The molecule has 2 saturated heterocycles. The summed E-state index contributed by atoms with van der Waals surface area (Å²) in [6.07, 6.45) is 7.43. The van der Waals surface area contributed by atoms with E-state index in [2.05, 4.69) is 90.5 Å². The van der Waals surface area contributed by atoms with Gasteiger partial charge >= 0.3 is 6.03 Å². The van der Waals surface area contributed by atoms with Crippen molar-refractivity contribution in [3.05, 3.63) is 54.4 Å². The van der Waals surface area contributed by atoms with Crippen LogP contribution in [0.4, 0.5) is 10.5 Å². The van der Waals surface area contributed by atoms with Crippen LogP contribution in [0, 0.1) is 0 Å². The number of nitrogens with zero attached hydrogens (tertiary/aromatic N) is 5. The van der Waals surface area contributed by atoms with E-state index in [1.807, 2.05) is 15.6 Å². The highest BCUT2D eigenvalue weighted by Gasteiger charge is 2.24. The number of hydrogen-bond acceptors (Lipinski definition) is 4. The molecular weight excluding hydrogens is 460 g/mol. The van der Waals surface area contributed by atoms with Crippen molar-refractivity contribution in [3.63, 3.8) is 0 Å². The summed E-state index contributed by atoms with van der Waals surface area (Å²) in [6.45, 7) is 14.2. The summed E-state index contributed by atoms with van der Waals surface area (Å²) in [5.41, 5.74) is 6.17. The minimum atomic E-state index is 0.0489. The summed E-state index contributed by atoms with van der Waals surface area (Å²) in [5.74, 6) is 0.663. The number of fused-ring (bicyclic) bond motifs is 1. The predicted molar refractivity (Wildman–Crippen MR) is 151 cm³/mol. The Bertz CT molecular complexity index is 1190. The average Bonchev–Trinajstić information content (AvgIpc) is 3.38. The molecule has 0 bridgehead atoms. The number of carbonyl (C=O) groups excluding carboxylic acids is 1. The molecule has 0 radical (unpaired) electrons. The Morgan fingerprint density at radius 1 is 0.973 bits per heavy atom. The summed E-state index contributed by atoms with van der Waals surface area (Å²) in [5, 5.41) is 7.68. The second-order valence-corrected chi connectivity index (χ2v) is 11.0. The topological polar surface area (TPSA) is 56.1 Å². The van der Waals surface area contributed by atoms with Gasteiger partial charge in [-0.05, 0) is 82.3 Å². The van der Waals surface area contributed by atoms with Gasteiger partial charge in [0.2, 0.25) is 0 Å². The standard InChI is InChI=1S/C30H42N6O/c1-5-23(4)32-30(37)35-18-16-34(17-19-35)28-10-13-31-36-21-27(20-29(28)36)25-8-6-24(7-9-25)26-11-14-33(15-12-26)22(2)3/h6-10,13,20-23,26H,5,11-12,14-19H2,1-4H3,(H,32,37)/t23-/m0/s1. The van der Waals surface area contributed by atoms with E-state index in [-0.39, 0.29) is 12.1 Å². The van der Waals surface area contributed by atoms with E-state index < -0.39 is 0 Å². The van der Waals surface area contributed by atoms with Gasteiger partial charge in [0.25, 0.3) is 0 Å². The maximum atomic E-state index is 12.5. The van der Waals surface area contributed by atoms with Gasteiger partial charge in [0, 0.05) is 56.2 Å². The van der Waals surface area contributed by atoms with Crippen LogP contribution < -0.4 is 10.2 Å². The number of nitrogens with one attached hydrogen (secondary N) is 1. The Labute approximate surface area is 221 Å². The highest BCUT2D eigenvalue weighted by molar-refractivity contribution is 5.80. The van der Waals surface area contributed by atoms with Crippen LogP contribution in [-0.2, 0) is 0 Å². The van der Waals surface area contributed by atoms with Crippen molar-refractivity contribution < 1.29 is 4.79 Å². The van der Waals surface area contributed by atoms with Crippen molar-refractivity contribution in [1.82, 2.24) is 24.7 Å². The minimum Gasteiger partial charge on any atom is -0.366 e. The van der Waals surface area contributed by atoms with Crippen LogP contribution in [-0.4, -0.2) is 76.8 Å².